The van der Waals surface area contributed by atoms with Crippen LogP contribution in [0.3, 0.4) is 0 Å². The van der Waals surface area contributed by atoms with Crippen LogP contribution in [0, 0.1) is 11.3 Å². The lowest BCUT2D eigenvalue weighted by atomic mass is 9.79. The number of likely N-dealkylation sites (tertiary alicyclic amines) is 1. The van der Waals surface area contributed by atoms with Crippen LogP contribution in [0.25, 0.3) is 0 Å². The molecule has 2 rings (SSSR count). The molecule has 0 amide bonds. The molecule has 2 heteroatoms. The van der Waals surface area contributed by atoms with Gasteiger partial charge in [0.2, 0.25) is 0 Å². The van der Waals surface area contributed by atoms with Crippen molar-refractivity contribution in [2.24, 2.45) is 17.1 Å². The van der Waals surface area contributed by atoms with Gasteiger partial charge in [-0.15, -0.1) is 0 Å². The average molecular weight is 210 g/mol. The largest absolute Gasteiger partial charge is 0.323 e. The summed E-state index contributed by atoms with van der Waals surface area (Å²) in [5.41, 5.74) is 7.18. The van der Waals surface area contributed by atoms with E-state index >= 15 is 0 Å². The fourth-order valence-electron chi connectivity index (χ4n) is 3.51. The Labute approximate surface area is 94.2 Å². The van der Waals surface area contributed by atoms with E-state index < -0.39 is 0 Å². The van der Waals surface area contributed by atoms with Gasteiger partial charge in [-0.3, -0.25) is 4.90 Å². The second-order valence-corrected chi connectivity index (χ2v) is 7.61. The molecule has 3 atom stereocenters. The molecule has 1 aliphatic heterocycles. The predicted molar refractivity (Wildman–Crippen MR) is 64.7 cm³/mol. The van der Waals surface area contributed by atoms with Crippen molar-refractivity contribution in [2.75, 3.05) is 6.54 Å². The first-order valence-electron chi connectivity index (χ1n) is 6.12. The van der Waals surface area contributed by atoms with Crippen molar-refractivity contribution in [1.29, 1.82) is 0 Å². The minimum absolute atomic E-state index is 0.117. The van der Waals surface area contributed by atoms with Crippen molar-refractivity contribution < 1.29 is 0 Å². The van der Waals surface area contributed by atoms with E-state index in [1.165, 1.54) is 13.0 Å². The summed E-state index contributed by atoms with van der Waals surface area (Å²) >= 11 is 0. The van der Waals surface area contributed by atoms with Crippen LogP contribution in [0.4, 0.5) is 0 Å². The SMILES string of the molecule is CC(C)(C)C1N(C(C)(C)C)C[C@@H]2C[C@]12N. The second kappa shape index (κ2) is 2.78. The monoisotopic (exact) mass is 210 g/mol. The number of fused-ring (bicyclic) bond motifs is 1. The normalized spacial score (nSPS) is 41.8. The van der Waals surface area contributed by atoms with Gasteiger partial charge in [-0.25, -0.2) is 0 Å². The summed E-state index contributed by atoms with van der Waals surface area (Å²) in [6, 6.07) is 0.537. The molecule has 15 heavy (non-hydrogen) atoms. The van der Waals surface area contributed by atoms with Crippen LogP contribution in [0.2, 0.25) is 0 Å². The maximum atomic E-state index is 6.53. The number of piperidine rings is 1. The molecule has 1 saturated heterocycles. The Kier molecular flexibility index (Phi) is 2.11. The number of hydrogen-bond donors (Lipinski definition) is 1. The van der Waals surface area contributed by atoms with E-state index in [4.69, 9.17) is 5.73 Å². The van der Waals surface area contributed by atoms with Gasteiger partial charge in [0.25, 0.3) is 0 Å². The standard InChI is InChI=1S/C13H26N2/c1-11(2,3)10-13(14)7-9(13)8-15(10)12(4,5)6/h9-10H,7-8,14H2,1-6H3/t9-,10?,13+/m0/s1. The third-order valence-electron chi connectivity index (χ3n) is 4.12. The summed E-state index contributed by atoms with van der Waals surface area (Å²) in [5.74, 6) is 0.751. The molecule has 1 aliphatic carbocycles. The van der Waals surface area contributed by atoms with Crippen molar-refractivity contribution in [3.63, 3.8) is 0 Å². The molecule has 0 spiro atoms. The zero-order valence-corrected chi connectivity index (χ0v) is 11.1. The number of nitrogens with zero attached hydrogens (tertiary/aromatic N) is 1. The van der Waals surface area contributed by atoms with Gasteiger partial charge in [0.05, 0.1) is 0 Å². The van der Waals surface area contributed by atoms with Crippen LogP contribution in [-0.4, -0.2) is 28.6 Å². The number of hydrogen-bond acceptors (Lipinski definition) is 2. The molecule has 1 heterocycles. The molecule has 88 valence electrons. The van der Waals surface area contributed by atoms with Gasteiger partial charge in [0.15, 0.2) is 0 Å². The van der Waals surface area contributed by atoms with Crippen LogP contribution in [0.5, 0.6) is 0 Å². The van der Waals surface area contributed by atoms with Crippen LogP contribution in [0.15, 0.2) is 0 Å². The smallest absolute Gasteiger partial charge is 0.0362 e. The minimum Gasteiger partial charge on any atom is -0.323 e. The lowest BCUT2D eigenvalue weighted by Crippen LogP contribution is -2.57. The molecule has 2 fully saturated rings. The van der Waals surface area contributed by atoms with Crippen LogP contribution in [0.1, 0.15) is 48.0 Å². The van der Waals surface area contributed by atoms with Crippen LogP contribution in [-0.2, 0) is 0 Å². The minimum atomic E-state index is 0.117. The van der Waals surface area contributed by atoms with Crippen molar-refractivity contribution >= 4 is 0 Å². The van der Waals surface area contributed by atoms with Gasteiger partial charge in [-0.05, 0) is 38.5 Å². The Morgan fingerprint density at radius 2 is 1.67 bits per heavy atom. The fourth-order valence-corrected chi connectivity index (χ4v) is 3.51. The Morgan fingerprint density at radius 1 is 1.13 bits per heavy atom. The fraction of sp³-hybridized carbons (Fsp3) is 1.00. The molecule has 0 aromatic carbocycles. The first-order valence-corrected chi connectivity index (χ1v) is 6.12. The number of rotatable bonds is 0. The molecule has 0 aromatic rings. The molecular weight excluding hydrogens is 184 g/mol. The number of nitrogens with two attached hydrogens (primary N) is 1. The molecule has 2 aliphatic rings. The first kappa shape index (κ1) is 11.4. The Hall–Kier alpha value is -0.0800. The predicted octanol–water partition coefficient (Wildman–Crippen LogP) is 2.23. The maximum absolute atomic E-state index is 6.53. The Morgan fingerprint density at radius 3 is 2.00 bits per heavy atom. The summed E-state index contributed by atoms with van der Waals surface area (Å²) < 4.78 is 0. The topological polar surface area (TPSA) is 29.3 Å². The van der Waals surface area contributed by atoms with E-state index in [1.807, 2.05) is 0 Å². The molecule has 0 radical (unpaired) electrons. The van der Waals surface area contributed by atoms with Crippen LogP contribution >= 0.6 is 0 Å². The summed E-state index contributed by atoms with van der Waals surface area (Å²) in [4.78, 5) is 2.63. The van der Waals surface area contributed by atoms with Gasteiger partial charge in [0.1, 0.15) is 0 Å². The van der Waals surface area contributed by atoms with E-state index in [0.29, 0.717) is 6.04 Å². The van der Waals surface area contributed by atoms with Gasteiger partial charge in [-0.2, -0.15) is 0 Å². The van der Waals surface area contributed by atoms with E-state index in [2.05, 4.69) is 46.4 Å². The summed E-state index contributed by atoms with van der Waals surface area (Å²) in [6.07, 6.45) is 1.24. The molecule has 0 aromatic heterocycles. The molecule has 2 nitrogen and oxygen atoms in total. The third-order valence-corrected chi connectivity index (χ3v) is 4.12. The zero-order valence-electron chi connectivity index (χ0n) is 11.1. The lowest BCUT2D eigenvalue weighted by molar-refractivity contribution is 0.0316. The van der Waals surface area contributed by atoms with E-state index in [1.54, 1.807) is 0 Å². The lowest BCUT2D eigenvalue weighted by Gasteiger charge is -2.46. The van der Waals surface area contributed by atoms with Crippen molar-refractivity contribution in [1.82, 2.24) is 4.90 Å². The summed E-state index contributed by atoms with van der Waals surface area (Å²) in [7, 11) is 0. The summed E-state index contributed by atoms with van der Waals surface area (Å²) in [5, 5.41) is 0. The molecule has 0 bridgehead atoms. The van der Waals surface area contributed by atoms with E-state index in [0.717, 1.165) is 5.92 Å². The maximum Gasteiger partial charge on any atom is 0.0362 e. The highest BCUT2D eigenvalue weighted by atomic mass is 15.3. The van der Waals surface area contributed by atoms with Crippen molar-refractivity contribution in [2.45, 2.75) is 65.1 Å². The van der Waals surface area contributed by atoms with Crippen LogP contribution < -0.4 is 5.73 Å². The third kappa shape index (κ3) is 1.62. The molecular formula is C13H26N2. The van der Waals surface area contributed by atoms with Crippen molar-refractivity contribution in [3.05, 3.63) is 0 Å². The van der Waals surface area contributed by atoms with E-state index in [-0.39, 0.29) is 16.5 Å². The summed E-state index contributed by atoms with van der Waals surface area (Å²) in [6.45, 7) is 15.1. The zero-order chi connectivity index (χ0) is 11.6. The van der Waals surface area contributed by atoms with Gasteiger partial charge in [0, 0.05) is 23.7 Å². The highest BCUT2D eigenvalue weighted by molar-refractivity contribution is 5.24. The first-order chi connectivity index (χ1) is 6.57. The van der Waals surface area contributed by atoms with E-state index in [9.17, 15) is 0 Å². The van der Waals surface area contributed by atoms with Gasteiger partial charge in [-0.1, -0.05) is 20.8 Å². The Balaban J connectivity index is 2.29. The molecule has 2 N–H and O–H groups in total. The Bertz CT molecular complexity index is 271. The molecule has 1 saturated carbocycles. The average Bonchev–Trinajstić information content (AvgIpc) is 2.47. The second-order valence-electron chi connectivity index (χ2n) is 7.61. The van der Waals surface area contributed by atoms with Crippen molar-refractivity contribution in [3.8, 4) is 0 Å². The molecule has 1 unspecified atom stereocenters. The quantitative estimate of drug-likeness (QED) is 0.664. The highest BCUT2D eigenvalue weighted by Gasteiger charge is 2.67. The van der Waals surface area contributed by atoms with Gasteiger partial charge >= 0.3 is 0 Å². The highest BCUT2D eigenvalue weighted by Crippen LogP contribution is 2.57. The van der Waals surface area contributed by atoms with Gasteiger partial charge < -0.3 is 5.73 Å².